The Labute approximate surface area is 134 Å². The Bertz CT molecular complexity index is 177. The van der Waals surface area contributed by atoms with Crippen LogP contribution in [0.3, 0.4) is 0 Å². The summed E-state index contributed by atoms with van der Waals surface area (Å²) in [7, 11) is 0. The van der Waals surface area contributed by atoms with E-state index in [9.17, 15) is 0 Å². The maximum Gasteiger partial charge on any atom is 0.0433 e. The molecule has 0 aliphatic carbocycles. The average Bonchev–Trinajstić information content (AvgIpc) is 2.46. The van der Waals surface area contributed by atoms with Gasteiger partial charge in [-0.3, -0.25) is 0 Å². The van der Waals surface area contributed by atoms with Gasteiger partial charge >= 0.3 is 0 Å². The van der Waals surface area contributed by atoms with E-state index in [4.69, 9.17) is 5.11 Å². The quantitative estimate of drug-likeness (QED) is 0.296. The van der Waals surface area contributed by atoms with E-state index < -0.39 is 0 Å². The summed E-state index contributed by atoms with van der Waals surface area (Å²) < 4.78 is 0. The van der Waals surface area contributed by atoms with E-state index in [0.29, 0.717) is 6.61 Å². The van der Waals surface area contributed by atoms with Crippen molar-refractivity contribution in [3.8, 4) is 0 Å². The molecule has 0 unspecified atom stereocenters. The van der Waals surface area contributed by atoms with Gasteiger partial charge in [-0.25, -0.2) is 0 Å². The molecule has 127 valence electrons. The second kappa shape index (κ2) is 18.0. The van der Waals surface area contributed by atoms with Crippen molar-refractivity contribution in [2.24, 2.45) is 5.92 Å². The largest absolute Gasteiger partial charge is 0.396 e. The van der Waals surface area contributed by atoms with E-state index in [-0.39, 0.29) is 0 Å². The van der Waals surface area contributed by atoms with Gasteiger partial charge in [0.1, 0.15) is 0 Å². The van der Waals surface area contributed by atoms with E-state index in [2.05, 4.69) is 20.3 Å². The zero-order valence-electron chi connectivity index (χ0n) is 14.9. The van der Waals surface area contributed by atoms with Crippen LogP contribution >= 0.6 is 0 Å². The van der Waals surface area contributed by atoms with Crippen molar-refractivity contribution in [1.82, 2.24) is 0 Å². The molecule has 0 atom stereocenters. The average molecular weight is 298 g/mol. The molecule has 0 saturated heterocycles. The lowest BCUT2D eigenvalue weighted by atomic mass is 10.0. The van der Waals surface area contributed by atoms with Crippen molar-refractivity contribution in [1.29, 1.82) is 0 Å². The van der Waals surface area contributed by atoms with Gasteiger partial charge in [0, 0.05) is 6.61 Å². The van der Waals surface area contributed by atoms with Crippen molar-refractivity contribution >= 4 is 0 Å². The van der Waals surface area contributed by atoms with Crippen molar-refractivity contribution in [2.45, 2.75) is 110 Å². The summed E-state index contributed by atoms with van der Waals surface area (Å²) in [5.41, 5.74) is 0. The smallest absolute Gasteiger partial charge is 0.0433 e. The summed E-state index contributed by atoms with van der Waals surface area (Å²) in [6, 6.07) is 0. The molecule has 1 heteroatoms. The van der Waals surface area contributed by atoms with E-state index in [1.165, 1.54) is 89.9 Å². The van der Waals surface area contributed by atoms with Crippen LogP contribution in [-0.4, -0.2) is 11.7 Å². The molecule has 1 radical (unpaired) electrons. The SMILES string of the molecule is CC(C)CCCCCCCCCCCCCC[CH]CCO. The van der Waals surface area contributed by atoms with Crippen LogP contribution in [0.2, 0.25) is 0 Å². The molecule has 0 aliphatic heterocycles. The standard InChI is InChI=1S/C20H41O/c1-20(2)18-16-14-12-10-8-6-4-3-5-7-9-11-13-15-17-19-21/h15,20-21H,3-14,16-19H2,1-2H3. The zero-order chi connectivity index (χ0) is 15.6. The highest BCUT2D eigenvalue weighted by Gasteiger charge is 1.96. The van der Waals surface area contributed by atoms with Gasteiger partial charge in [-0.1, -0.05) is 104 Å². The maximum atomic E-state index is 8.66. The number of unbranched alkanes of at least 4 members (excludes halogenated alkanes) is 14. The molecule has 0 heterocycles. The molecule has 1 N–H and O–H groups in total. The molecule has 0 aliphatic rings. The van der Waals surface area contributed by atoms with E-state index in [1.807, 2.05) is 0 Å². The lowest BCUT2D eigenvalue weighted by molar-refractivity contribution is 0.296. The van der Waals surface area contributed by atoms with Crippen LogP contribution in [0.1, 0.15) is 110 Å². The van der Waals surface area contributed by atoms with Gasteiger partial charge in [-0.15, -0.1) is 0 Å². The Hall–Kier alpha value is -0.0400. The lowest BCUT2D eigenvalue weighted by Crippen LogP contribution is -1.87. The van der Waals surface area contributed by atoms with Crippen molar-refractivity contribution in [2.75, 3.05) is 6.61 Å². The molecule has 0 aromatic carbocycles. The first-order valence-electron chi connectivity index (χ1n) is 9.70. The first kappa shape index (κ1) is 21.0. The Balaban J connectivity index is 2.93. The number of aliphatic hydroxyl groups is 1. The van der Waals surface area contributed by atoms with Gasteiger partial charge in [-0.05, 0) is 18.8 Å². The lowest BCUT2D eigenvalue weighted by Gasteiger charge is -2.05. The molecule has 0 fully saturated rings. The Kier molecular flexibility index (Phi) is 18.0. The van der Waals surface area contributed by atoms with Crippen LogP contribution in [0.4, 0.5) is 0 Å². The molecule has 0 spiro atoms. The normalized spacial score (nSPS) is 11.4. The monoisotopic (exact) mass is 297 g/mol. The number of hydrogen-bond acceptors (Lipinski definition) is 1. The molecule has 0 aromatic rings. The fraction of sp³-hybridized carbons (Fsp3) is 0.950. The Morgan fingerprint density at radius 3 is 1.48 bits per heavy atom. The van der Waals surface area contributed by atoms with Crippen LogP contribution in [0.5, 0.6) is 0 Å². The minimum absolute atomic E-state index is 0.317. The van der Waals surface area contributed by atoms with Gasteiger partial charge in [-0.2, -0.15) is 0 Å². The highest BCUT2D eigenvalue weighted by atomic mass is 16.2. The fourth-order valence-electron chi connectivity index (χ4n) is 2.84. The molecular formula is C20H41O. The summed E-state index contributed by atoms with van der Waals surface area (Å²) in [6.45, 7) is 4.97. The minimum atomic E-state index is 0.317. The third-order valence-corrected chi connectivity index (χ3v) is 4.27. The minimum Gasteiger partial charge on any atom is -0.396 e. The van der Waals surface area contributed by atoms with Gasteiger partial charge in [0.15, 0.2) is 0 Å². The molecule has 0 amide bonds. The van der Waals surface area contributed by atoms with Gasteiger partial charge in [0.2, 0.25) is 0 Å². The third-order valence-electron chi connectivity index (χ3n) is 4.27. The van der Waals surface area contributed by atoms with Crippen LogP contribution in [-0.2, 0) is 0 Å². The van der Waals surface area contributed by atoms with Gasteiger partial charge in [0.25, 0.3) is 0 Å². The maximum absolute atomic E-state index is 8.66. The third kappa shape index (κ3) is 20.0. The number of hydrogen-bond donors (Lipinski definition) is 1. The molecule has 0 rings (SSSR count). The number of rotatable bonds is 17. The molecule has 21 heavy (non-hydrogen) atoms. The predicted octanol–water partition coefficient (Wildman–Crippen LogP) is 6.69. The highest BCUT2D eigenvalue weighted by molar-refractivity contribution is 4.63. The fourth-order valence-corrected chi connectivity index (χ4v) is 2.84. The van der Waals surface area contributed by atoms with E-state index >= 15 is 0 Å². The summed E-state index contributed by atoms with van der Waals surface area (Å²) >= 11 is 0. The second-order valence-corrected chi connectivity index (χ2v) is 7.01. The summed E-state index contributed by atoms with van der Waals surface area (Å²) in [6.07, 6.45) is 22.8. The molecule has 1 nitrogen and oxygen atoms in total. The summed E-state index contributed by atoms with van der Waals surface area (Å²) in [5.74, 6) is 0.887. The summed E-state index contributed by atoms with van der Waals surface area (Å²) in [5, 5.41) is 8.66. The molecule has 0 bridgehead atoms. The molecule has 0 saturated carbocycles. The van der Waals surface area contributed by atoms with Crippen molar-refractivity contribution in [3.05, 3.63) is 6.42 Å². The first-order chi connectivity index (χ1) is 10.3. The topological polar surface area (TPSA) is 20.2 Å². The Morgan fingerprint density at radius 1 is 0.619 bits per heavy atom. The highest BCUT2D eigenvalue weighted by Crippen LogP contribution is 2.14. The first-order valence-corrected chi connectivity index (χ1v) is 9.70. The van der Waals surface area contributed by atoms with Crippen LogP contribution in [0.25, 0.3) is 0 Å². The molecule has 0 aromatic heterocycles. The molecular weight excluding hydrogens is 256 g/mol. The zero-order valence-corrected chi connectivity index (χ0v) is 14.9. The predicted molar refractivity (Wildman–Crippen MR) is 95.5 cm³/mol. The van der Waals surface area contributed by atoms with Crippen LogP contribution in [0, 0.1) is 12.3 Å². The van der Waals surface area contributed by atoms with Gasteiger partial charge < -0.3 is 5.11 Å². The second-order valence-electron chi connectivity index (χ2n) is 7.01. The Morgan fingerprint density at radius 2 is 1.05 bits per heavy atom. The summed E-state index contributed by atoms with van der Waals surface area (Å²) in [4.78, 5) is 0. The number of aliphatic hydroxyl groups excluding tert-OH is 1. The van der Waals surface area contributed by atoms with E-state index in [1.54, 1.807) is 0 Å². The van der Waals surface area contributed by atoms with E-state index in [0.717, 1.165) is 12.3 Å². The van der Waals surface area contributed by atoms with Gasteiger partial charge in [0.05, 0.1) is 0 Å². The van der Waals surface area contributed by atoms with Crippen molar-refractivity contribution < 1.29 is 5.11 Å². The van der Waals surface area contributed by atoms with Crippen LogP contribution in [0.15, 0.2) is 0 Å². The van der Waals surface area contributed by atoms with Crippen LogP contribution < -0.4 is 0 Å². The van der Waals surface area contributed by atoms with Crippen molar-refractivity contribution in [3.63, 3.8) is 0 Å².